The molecule has 2 N–H and O–H groups in total. The molecule has 2 aliphatic carbocycles. The maximum Gasteiger partial charge on any atom is 0.419 e. The van der Waals surface area contributed by atoms with Gasteiger partial charge >= 0.3 is 12.2 Å². The van der Waals surface area contributed by atoms with Crippen LogP contribution >= 0.6 is 11.6 Å². The third-order valence-corrected chi connectivity index (χ3v) is 6.43. The van der Waals surface area contributed by atoms with E-state index < -0.39 is 35.4 Å². The van der Waals surface area contributed by atoms with Crippen LogP contribution in [0.25, 0.3) is 5.65 Å². The first-order valence-corrected chi connectivity index (χ1v) is 10.4. The van der Waals surface area contributed by atoms with Gasteiger partial charge in [0.2, 0.25) is 0 Å². The lowest BCUT2D eigenvalue weighted by Crippen LogP contribution is -2.64. The van der Waals surface area contributed by atoms with Crippen LogP contribution in [0.1, 0.15) is 53.2 Å². The Kier molecular flexibility index (Phi) is 4.60. The molecule has 0 bridgehead atoms. The van der Waals surface area contributed by atoms with E-state index in [-0.39, 0.29) is 35.9 Å². The number of nitrogens with zero attached hydrogens (tertiary/aromatic N) is 4. The number of hydrogen-bond acceptors (Lipinski definition) is 4. The van der Waals surface area contributed by atoms with Gasteiger partial charge in [0.1, 0.15) is 5.15 Å². The minimum Gasteiger partial charge on any atom is -0.393 e. The highest BCUT2D eigenvalue weighted by atomic mass is 35.5. The maximum absolute atomic E-state index is 13.6. The van der Waals surface area contributed by atoms with Crippen molar-refractivity contribution < 1.29 is 27.9 Å². The summed E-state index contributed by atoms with van der Waals surface area (Å²) in [5, 5.41) is 10.2. The molecule has 3 fully saturated rings. The lowest BCUT2D eigenvalue weighted by molar-refractivity contribution is -0.136. The number of aromatic nitrogens is 2. The van der Waals surface area contributed by atoms with Gasteiger partial charge in [0.05, 0.1) is 18.2 Å². The summed E-state index contributed by atoms with van der Waals surface area (Å²) in [6.45, 7) is 0.348. The van der Waals surface area contributed by atoms with Gasteiger partial charge in [-0.15, -0.1) is 0 Å². The number of carbonyl (C=O) groups is 2. The van der Waals surface area contributed by atoms with E-state index in [1.54, 1.807) is 0 Å². The summed E-state index contributed by atoms with van der Waals surface area (Å²) in [7, 11) is 0. The molecule has 12 heteroatoms. The summed E-state index contributed by atoms with van der Waals surface area (Å²) in [5.41, 5.74) is 1.20. The molecule has 0 spiro atoms. The van der Waals surface area contributed by atoms with Crippen molar-refractivity contribution in [2.24, 2.45) is 0 Å². The Morgan fingerprint density at radius 2 is 1.97 bits per heavy atom. The van der Waals surface area contributed by atoms with Crippen molar-refractivity contribution in [1.82, 2.24) is 24.7 Å². The van der Waals surface area contributed by atoms with Crippen molar-refractivity contribution in [3.63, 3.8) is 0 Å². The standard InChI is InChI=1S/C19H19ClF3N5O3/c20-15-14(17(30)28-4-3-26(18(31)25-28)11-6-12(29)7-11)24-16-13(19(21,22)23)5-10(8-27(15)16)9-1-2-9/h5,8-9,11-12,29H,1-4,6-7H2,(H,25,31). The van der Waals surface area contributed by atoms with Gasteiger partial charge in [0.25, 0.3) is 5.91 Å². The number of urea groups is 1. The molecule has 3 amide bonds. The van der Waals surface area contributed by atoms with E-state index in [0.29, 0.717) is 18.4 Å². The van der Waals surface area contributed by atoms with Crippen molar-refractivity contribution in [3.05, 3.63) is 34.2 Å². The Balaban J connectivity index is 1.44. The topological polar surface area (TPSA) is 90.2 Å². The average Bonchev–Trinajstić information content (AvgIpc) is 3.48. The zero-order valence-corrected chi connectivity index (χ0v) is 16.9. The summed E-state index contributed by atoms with van der Waals surface area (Å²) < 4.78 is 42.0. The van der Waals surface area contributed by atoms with Crippen LogP contribution in [0.5, 0.6) is 0 Å². The number of aliphatic hydroxyl groups is 1. The molecule has 0 radical (unpaired) electrons. The number of fused-ring (bicyclic) bond motifs is 1. The molecule has 166 valence electrons. The highest BCUT2D eigenvalue weighted by molar-refractivity contribution is 6.33. The molecule has 8 nitrogen and oxygen atoms in total. The molecule has 1 aliphatic heterocycles. The molecular formula is C19H19ClF3N5O3. The summed E-state index contributed by atoms with van der Waals surface area (Å²) in [5.74, 6) is -0.739. The predicted molar refractivity (Wildman–Crippen MR) is 102 cm³/mol. The van der Waals surface area contributed by atoms with Gasteiger partial charge < -0.3 is 10.0 Å². The van der Waals surface area contributed by atoms with Gasteiger partial charge in [-0.2, -0.15) is 13.2 Å². The van der Waals surface area contributed by atoms with Gasteiger partial charge in [0, 0.05) is 18.8 Å². The molecule has 2 saturated carbocycles. The van der Waals surface area contributed by atoms with E-state index in [4.69, 9.17) is 11.6 Å². The Morgan fingerprint density at radius 3 is 2.55 bits per heavy atom. The zero-order chi connectivity index (χ0) is 22.1. The third kappa shape index (κ3) is 3.49. The predicted octanol–water partition coefficient (Wildman–Crippen LogP) is 2.79. The third-order valence-electron chi connectivity index (χ3n) is 6.07. The highest BCUT2D eigenvalue weighted by Crippen LogP contribution is 2.43. The highest BCUT2D eigenvalue weighted by Gasteiger charge is 2.40. The van der Waals surface area contributed by atoms with E-state index >= 15 is 0 Å². The molecule has 0 unspecified atom stereocenters. The van der Waals surface area contributed by atoms with Crippen molar-refractivity contribution >= 4 is 29.2 Å². The van der Waals surface area contributed by atoms with Crippen molar-refractivity contribution in [2.75, 3.05) is 13.1 Å². The maximum atomic E-state index is 13.6. The van der Waals surface area contributed by atoms with Crippen LogP contribution in [0.15, 0.2) is 12.3 Å². The normalized spacial score (nSPS) is 24.4. The SMILES string of the molecule is O=C(c1nc2c(C(F)(F)F)cc(C3CC3)cn2c1Cl)N1CCN(C2CC(O)C2)C(=O)N1. The molecular weight excluding hydrogens is 439 g/mol. The van der Waals surface area contributed by atoms with Crippen LogP contribution in [-0.4, -0.2) is 61.6 Å². The first kappa shape index (κ1) is 20.4. The number of imidazole rings is 1. The second kappa shape index (κ2) is 6.99. The van der Waals surface area contributed by atoms with E-state index in [1.807, 2.05) is 0 Å². The average molecular weight is 458 g/mol. The second-order valence-corrected chi connectivity index (χ2v) is 8.61. The van der Waals surface area contributed by atoms with Gasteiger partial charge in [-0.05, 0) is 43.2 Å². The van der Waals surface area contributed by atoms with Gasteiger partial charge in [0.15, 0.2) is 11.3 Å². The van der Waals surface area contributed by atoms with Crippen LogP contribution in [0.3, 0.4) is 0 Å². The number of rotatable bonds is 3. The largest absolute Gasteiger partial charge is 0.419 e. The first-order chi connectivity index (χ1) is 14.6. The Hall–Kier alpha value is -2.53. The van der Waals surface area contributed by atoms with E-state index in [0.717, 1.165) is 28.3 Å². The smallest absolute Gasteiger partial charge is 0.393 e. The molecule has 2 aromatic heterocycles. The Morgan fingerprint density at radius 1 is 1.26 bits per heavy atom. The molecule has 3 aliphatic rings. The van der Waals surface area contributed by atoms with E-state index in [2.05, 4.69) is 10.4 Å². The monoisotopic (exact) mass is 457 g/mol. The molecule has 3 heterocycles. The van der Waals surface area contributed by atoms with Crippen LogP contribution in [0.4, 0.5) is 18.0 Å². The molecule has 2 aromatic rings. The fraction of sp³-hybridized carbons (Fsp3) is 0.526. The summed E-state index contributed by atoms with van der Waals surface area (Å²) >= 11 is 6.29. The lowest BCUT2D eigenvalue weighted by atomic mass is 9.88. The van der Waals surface area contributed by atoms with E-state index in [9.17, 15) is 27.9 Å². The second-order valence-electron chi connectivity index (χ2n) is 8.25. The fourth-order valence-electron chi connectivity index (χ4n) is 4.11. The number of halogens is 4. The molecule has 31 heavy (non-hydrogen) atoms. The number of amides is 3. The van der Waals surface area contributed by atoms with Crippen LogP contribution in [-0.2, 0) is 6.18 Å². The van der Waals surface area contributed by atoms with Crippen LogP contribution < -0.4 is 5.43 Å². The quantitative estimate of drug-likeness (QED) is 0.741. The van der Waals surface area contributed by atoms with Gasteiger partial charge in [-0.25, -0.2) is 20.2 Å². The van der Waals surface area contributed by atoms with Crippen molar-refractivity contribution in [2.45, 2.75) is 49.9 Å². The number of nitrogens with one attached hydrogen (secondary N) is 1. The van der Waals surface area contributed by atoms with E-state index in [1.165, 1.54) is 11.1 Å². The van der Waals surface area contributed by atoms with Crippen LogP contribution in [0, 0.1) is 0 Å². The number of pyridine rings is 1. The molecule has 0 aromatic carbocycles. The van der Waals surface area contributed by atoms with Crippen molar-refractivity contribution in [3.8, 4) is 0 Å². The Labute approximate surface area is 179 Å². The number of alkyl halides is 3. The number of hydrazine groups is 1. The summed E-state index contributed by atoms with van der Waals surface area (Å²) in [6, 6.07) is 0.461. The molecule has 0 atom stereocenters. The first-order valence-electron chi connectivity index (χ1n) is 9.99. The summed E-state index contributed by atoms with van der Waals surface area (Å²) in [4.78, 5) is 30.8. The van der Waals surface area contributed by atoms with Crippen molar-refractivity contribution in [1.29, 1.82) is 0 Å². The zero-order valence-electron chi connectivity index (χ0n) is 16.2. The molecule has 1 saturated heterocycles. The van der Waals surface area contributed by atoms with Gasteiger partial charge in [-0.3, -0.25) is 9.20 Å². The van der Waals surface area contributed by atoms with Crippen LogP contribution in [0.2, 0.25) is 5.15 Å². The number of hydrogen-bond donors (Lipinski definition) is 2. The minimum absolute atomic E-state index is 0.0421. The fourth-order valence-corrected chi connectivity index (χ4v) is 4.36. The lowest BCUT2D eigenvalue weighted by Gasteiger charge is -2.44. The van der Waals surface area contributed by atoms with Gasteiger partial charge in [-0.1, -0.05) is 11.6 Å². The Bertz CT molecular complexity index is 1080. The summed E-state index contributed by atoms with van der Waals surface area (Å²) in [6.07, 6.45) is -1.05. The number of aliphatic hydroxyl groups excluding tert-OH is 1. The molecule has 5 rings (SSSR count). The minimum atomic E-state index is -4.66. The number of carbonyl (C=O) groups excluding carboxylic acids is 2.